The number of rotatable bonds is 16. The lowest BCUT2D eigenvalue weighted by Gasteiger charge is -2.17. The number of unbranched alkanes of at least 4 members (excludes halogenated alkanes) is 4. The molecule has 0 bridgehead atoms. The van der Waals surface area contributed by atoms with Gasteiger partial charge in [0.05, 0.1) is 24.3 Å². The second-order valence-electron chi connectivity index (χ2n) is 10.5. The molecule has 0 spiro atoms. The molecule has 2 saturated heterocycles. The average Bonchev–Trinajstić information content (AvgIpc) is 3.61. The van der Waals surface area contributed by atoms with Crippen molar-refractivity contribution >= 4 is 55.7 Å². The summed E-state index contributed by atoms with van der Waals surface area (Å²) in [4.78, 5) is 49.5. The Kier molecular flexibility index (Phi) is 13.7. The van der Waals surface area contributed by atoms with Crippen LogP contribution in [0.3, 0.4) is 0 Å². The molecule has 0 N–H and O–H groups in total. The van der Waals surface area contributed by atoms with Crippen molar-refractivity contribution in [3.05, 3.63) is 59.7 Å². The Morgan fingerprint density at radius 2 is 0.977 bits per heavy atom. The number of halogens is 2. The van der Waals surface area contributed by atoms with Gasteiger partial charge in [0.2, 0.25) is 0 Å². The summed E-state index contributed by atoms with van der Waals surface area (Å²) in [5.41, 5.74) is 0.575. The molecule has 0 saturated carbocycles. The number of alkyl halides is 2. The summed E-state index contributed by atoms with van der Waals surface area (Å²) in [5, 5.41) is 1.81. The van der Waals surface area contributed by atoms with Gasteiger partial charge < -0.3 is 28.4 Å². The topological polar surface area (TPSA) is 124 Å². The number of esters is 4. The Hall–Kier alpha value is -2.80. The largest absolute Gasteiger partial charge is 0.453 e. The maximum absolute atomic E-state index is 12.8. The molecule has 2 heterocycles. The average molecular weight is 740 g/mol. The highest BCUT2D eigenvalue weighted by Gasteiger charge is 2.51. The van der Waals surface area contributed by atoms with Gasteiger partial charge in [-0.1, -0.05) is 44.7 Å². The highest BCUT2D eigenvalue weighted by molar-refractivity contribution is 9.09. The van der Waals surface area contributed by atoms with Crippen LogP contribution in [0.5, 0.6) is 11.5 Å². The Bertz CT molecular complexity index is 1150. The third kappa shape index (κ3) is 10.1. The van der Waals surface area contributed by atoms with E-state index >= 15 is 0 Å². The molecule has 0 radical (unpaired) electrons. The number of fused-ring (bicyclic) bond motifs is 1. The Morgan fingerprint density at radius 1 is 0.591 bits per heavy atom. The van der Waals surface area contributed by atoms with Gasteiger partial charge in [0.1, 0.15) is 23.7 Å². The molecule has 0 aromatic heterocycles. The molecule has 12 heteroatoms. The molecular formula is C32H36Br2O10. The molecule has 1 unspecified atom stereocenters. The molecule has 2 aliphatic rings. The predicted octanol–water partition coefficient (Wildman–Crippen LogP) is 5.96. The van der Waals surface area contributed by atoms with Crippen molar-refractivity contribution in [2.24, 2.45) is 0 Å². The van der Waals surface area contributed by atoms with Gasteiger partial charge >= 0.3 is 23.9 Å². The van der Waals surface area contributed by atoms with E-state index in [-0.39, 0.29) is 36.3 Å². The first kappa shape index (κ1) is 34.1. The van der Waals surface area contributed by atoms with E-state index in [0.29, 0.717) is 24.3 Å². The first-order valence-electron chi connectivity index (χ1n) is 14.8. The highest BCUT2D eigenvalue weighted by Crippen LogP contribution is 2.32. The number of ether oxygens (including phenoxy) is 6. The summed E-state index contributed by atoms with van der Waals surface area (Å²) in [6, 6.07) is 12.3. The summed E-state index contributed by atoms with van der Waals surface area (Å²) in [6.07, 6.45) is 3.54. The van der Waals surface area contributed by atoms with Crippen LogP contribution in [0, 0.1) is 0 Å². The van der Waals surface area contributed by atoms with E-state index in [0.717, 1.165) is 49.2 Å². The van der Waals surface area contributed by atoms with Crippen molar-refractivity contribution in [3.63, 3.8) is 0 Å². The number of carbonyl (C=O) groups excluding carboxylic acids is 4. The molecule has 10 nitrogen and oxygen atoms in total. The zero-order valence-electron chi connectivity index (χ0n) is 24.3. The van der Waals surface area contributed by atoms with Crippen molar-refractivity contribution in [1.29, 1.82) is 0 Å². The van der Waals surface area contributed by atoms with E-state index in [1.807, 2.05) is 0 Å². The molecule has 2 fully saturated rings. The van der Waals surface area contributed by atoms with Gasteiger partial charge in [0.25, 0.3) is 0 Å². The van der Waals surface area contributed by atoms with E-state index in [9.17, 15) is 19.2 Å². The van der Waals surface area contributed by atoms with Crippen molar-refractivity contribution < 1.29 is 47.6 Å². The van der Waals surface area contributed by atoms with E-state index in [2.05, 4.69) is 31.9 Å². The standard InChI is InChI=1S/C32H36Br2O10/c33-17-5-1-3-7-27(35)41-23-13-9-21(10-14-23)31(37)43-25-19-39-30-26(20-40-29(25)30)44-32(38)22-11-15-24(16-12-22)42-28(36)8-4-2-6-18-34/h9-16,25-26,29-30H,1-8,17-20H2/t25-,26+,29+,30?/m0/s1. The second-order valence-corrected chi connectivity index (χ2v) is 12.1. The quantitative estimate of drug-likeness (QED) is 0.0883. The molecule has 4 rings (SSSR count). The van der Waals surface area contributed by atoms with Crippen LogP contribution < -0.4 is 9.47 Å². The van der Waals surface area contributed by atoms with Gasteiger partial charge in [-0.15, -0.1) is 0 Å². The first-order valence-corrected chi connectivity index (χ1v) is 17.0. The van der Waals surface area contributed by atoms with Crippen molar-refractivity contribution in [3.8, 4) is 11.5 Å². The van der Waals surface area contributed by atoms with Crippen LogP contribution in [-0.4, -0.2) is 72.2 Å². The maximum Gasteiger partial charge on any atom is 0.338 e. The van der Waals surface area contributed by atoms with Crippen LogP contribution in [0.1, 0.15) is 72.1 Å². The zero-order valence-corrected chi connectivity index (χ0v) is 27.4. The fourth-order valence-electron chi connectivity index (χ4n) is 4.81. The number of hydrogen-bond donors (Lipinski definition) is 0. The molecular weight excluding hydrogens is 704 g/mol. The lowest BCUT2D eigenvalue weighted by Crippen LogP contribution is -2.36. The number of carbonyl (C=O) groups is 4. The maximum atomic E-state index is 12.8. The van der Waals surface area contributed by atoms with E-state index in [1.54, 1.807) is 24.3 Å². The zero-order chi connectivity index (χ0) is 31.3. The number of benzene rings is 2. The van der Waals surface area contributed by atoms with Gasteiger partial charge in [-0.3, -0.25) is 9.59 Å². The minimum Gasteiger partial charge on any atom is -0.453 e. The third-order valence-electron chi connectivity index (χ3n) is 7.15. The number of hydrogen-bond acceptors (Lipinski definition) is 10. The van der Waals surface area contributed by atoms with Crippen molar-refractivity contribution in [2.45, 2.75) is 75.8 Å². The summed E-state index contributed by atoms with van der Waals surface area (Å²) in [5.74, 6) is -1.07. The lowest BCUT2D eigenvalue weighted by molar-refractivity contribution is -0.135. The van der Waals surface area contributed by atoms with E-state index in [4.69, 9.17) is 28.4 Å². The van der Waals surface area contributed by atoms with Crippen LogP contribution in [0.2, 0.25) is 0 Å². The molecule has 44 heavy (non-hydrogen) atoms. The minimum absolute atomic E-state index is 0.0933. The fraction of sp³-hybridized carbons (Fsp3) is 0.500. The predicted molar refractivity (Wildman–Crippen MR) is 167 cm³/mol. The molecule has 0 aliphatic carbocycles. The van der Waals surface area contributed by atoms with Crippen LogP contribution >= 0.6 is 31.9 Å². The monoisotopic (exact) mass is 738 g/mol. The van der Waals surface area contributed by atoms with Crippen LogP contribution in [-0.2, 0) is 28.5 Å². The van der Waals surface area contributed by atoms with E-state index in [1.165, 1.54) is 24.3 Å². The van der Waals surface area contributed by atoms with E-state index < -0.39 is 36.4 Å². The first-order chi connectivity index (χ1) is 21.4. The van der Waals surface area contributed by atoms with Gasteiger partial charge in [0, 0.05) is 23.5 Å². The molecule has 2 aromatic carbocycles. The molecule has 2 aliphatic heterocycles. The van der Waals surface area contributed by atoms with Gasteiger partial charge in [0.15, 0.2) is 12.2 Å². The molecule has 238 valence electrons. The normalized spacial score (nSPS) is 20.5. The molecule has 0 amide bonds. The second kappa shape index (κ2) is 17.6. The highest BCUT2D eigenvalue weighted by atomic mass is 79.9. The van der Waals surface area contributed by atoms with Crippen LogP contribution in [0.4, 0.5) is 0 Å². The summed E-state index contributed by atoms with van der Waals surface area (Å²) in [7, 11) is 0. The van der Waals surface area contributed by atoms with Gasteiger partial charge in [-0.25, -0.2) is 9.59 Å². The summed E-state index contributed by atoms with van der Waals surface area (Å²) < 4.78 is 33.5. The third-order valence-corrected chi connectivity index (χ3v) is 8.27. The van der Waals surface area contributed by atoms with Crippen LogP contribution in [0.15, 0.2) is 48.5 Å². The lowest BCUT2D eigenvalue weighted by atomic mass is 10.1. The summed E-state index contributed by atoms with van der Waals surface area (Å²) >= 11 is 6.73. The molecule has 4 atom stereocenters. The Morgan fingerprint density at radius 3 is 1.34 bits per heavy atom. The SMILES string of the molecule is O=C(CCCCCBr)Oc1ccc(C(=O)O[C@H]2COC3[C@H](OC(=O)c4ccc(OC(=O)CCCCCBr)cc4)CO[C@@H]32)cc1. The van der Waals surface area contributed by atoms with Gasteiger partial charge in [-0.05, 0) is 74.2 Å². The summed E-state index contributed by atoms with van der Waals surface area (Å²) in [6.45, 7) is 0.187. The Balaban J connectivity index is 1.21. The molecule has 2 aromatic rings. The fourth-order valence-corrected chi connectivity index (χ4v) is 5.60. The van der Waals surface area contributed by atoms with Crippen molar-refractivity contribution in [2.75, 3.05) is 23.9 Å². The van der Waals surface area contributed by atoms with Crippen molar-refractivity contribution in [1.82, 2.24) is 0 Å². The van der Waals surface area contributed by atoms with Crippen LogP contribution in [0.25, 0.3) is 0 Å². The van der Waals surface area contributed by atoms with Gasteiger partial charge in [-0.2, -0.15) is 0 Å². The minimum atomic E-state index is -0.679. The Labute approximate surface area is 273 Å². The smallest absolute Gasteiger partial charge is 0.338 e.